The Morgan fingerprint density at radius 3 is 2.36 bits per heavy atom. The van der Waals surface area contributed by atoms with Crippen LogP contribution in [0.25, 0.3) is 42.8 Å². The summed E-state index contributed by atoms with van der Waals surface area (Å²) in [6.45, 7) is 8.17. The number of nitrogens with zero attached hydrogens (tertiary/aromatic N) is 3. The number of H-pyrrole nitrogens is 2. The van der Waals surface area contributed by atoms with Crippen molar-refractivity contribution in [3.63, 3.8) is 0 Å². The van der Waals surface area contributed by atoms with Gasteiger partial charge in [-0.3, -0.25) is 9.59 Å². The van der Waals surface area contributed by atoms with Gasteiger partial charge in [0.15, 0.2) is 5.78 Å². The van der Waals surface area contributed by atoms with E-state index >= 15 is 0 Å². The first kappa shape index (κ1) is 40.9. The minimum Gasteiger partial charge on any atom is -0.453 e. The third-order valence-corrected chi connectivity index (χ3v) is 11.8. The number of fused-ring (bicyclic) bond motifs is 3. The molecule has 3 amide bonds. The Bertz CT molecular complexity index is 2530. The van der Waals surface area contributed by atoms with Gasteiger partial charge in [-0.2, -0.15) is 0 Å². The third kappa shape index (κ3) is 8.63. The van der Waals surface area contributed by atoms with Gasteiger partial charge in [0.25, 0.3) is 0 Å². The number of amides is 3. The number of benzene rings is 3. The minimum atomic E-state index is -0.916. The summed E-state index contributed by atoms with van der Waals surface area (Å²) >= 11 is 1.63. The summed E-state index contributed by atoms with van der Waals surface area (Å²) in [5, 5.41) is 10.5. The highest BCUT2D eigenvalue weighted by molar-refractivity contribution is 7.18. The number of aromatic nitrogens is 4. The Hall–Kier alpha value is -6.29. The number of rotatable bonds is 13. The van der Waals surface area contributed by atoms with E-state index in [9.17, 15) is 23.6 Å². The summed E-state index contributed by atoms with van der Waals surface area (Å²) in [5.41, 5.74) is 4.06. The van der Waals surface area contributed by atoms with Crippen LogP contribution >= 0.6 is 11.3 Å². The predicted molar refractivity (Wildman–Crippen MR) is 225 cm³/mol. The Labute approximate surface area is 344 Å². The molecular weight excluding hydrogens is 776 g/mol. The fourth-order valence-electron chi connectivity index (χ4n) is 7.49. The second-order valence-corrected chi connectivity index (χ2v) is 16.3. The number of halogens is 1. The lowest BCUT2D eigenvalue weighted by Crippen LogP contribution is -2.51. The van der Waals surface area contributed by atoms with E-state index in [0.29, 0.717) is 23.9 Å². The Kier molecular flexibility index (Phi) is 12.0. The molecule has 0 spiro atoms. The topological polar surface area (TPSA) is 183 Å². The molecule has 0 aliphatic carbocycles. The van der Waals surface area contributed by atoms with Gasteiger partial charge in [0, 0.05) is 28.1 Å². The smallest absolute Gasteiger partial charge is 0.407 e. The Balaban J connectivity index is 1.06. The summed E-state index contributed by atoms with van der Waals surface area (Å²) in [7, 11) is 2.50. The average molecular weight is 823 g/mol. The van der Waals surface area contributed by atoms with E-state index < -0.39 is 35.9 Å². The molecule has 308 valence electrons. The van der Waals surface area contributed by atoms with E-state index in [1.807, 2.05) is 26.0 Å². The zero-order chi connectivity index (χ0) is 42.0. The van der Waals surface area contributed by atoms with Crippen molar-refractivity contribution in [1.29, 1.82) is 0 Å². The van der Waals surface area contributed by atoms with Crippen LogP contribution in [0.1, 0.15) is 68.6 Å². The molecule has 0 bridgehead atoms. The summed E-state index contributed by atoms with van der Waals surface area (Å²) in [6.07, 6.45) is 2.02. The van der Waals surface area contributed by atoms with Crippen molar-refractivity contribution in [3.8, 4) is 21.0 Å². The standard InChI is InChI=1S/C43H47FN8O6S/c1-22(2)36(50-42(55)57-5)39(53)28-19-26(44)11-14-29(28)45-21-35-47-30-13-10-24-18-25(9-12-27(24)38(30)49-35)33-15-16-34(59-33)31-20-46-40(48-31)32-8-7-17-52(32)41(54)37(23(3)4)51-43(56)58-6/h9-16,18-20,22-23,32,36-37,45H,7-8,17,21H2,1-6H3,(H,46,48)(H,47,49)(H,50,55)(H,51,56)/t32-,36?,37?/m0/s1. The average Bonchev–Trinajstić information content (AvgIpc) is 4.06. The molecule has 1 fully saturated rings. The molecule has 0 radical (unpaired) electrons. The Morgan fingerprint density at radius 1 is 0.898 bits per heavy atom. The number of ether oxygens (including phenoxy) is 2. The van der Waals surface area contributed by atoms with E-state index in [1.165, 1.54) is 26.4 Å². The van der Waals surface area contributed by atoms with Crippen molar-refractivity contribution < 1.29 is 33.0 Å². The number of methoxy groups -OCH3 is 2. The lowest BCUT2D eigenvalue weighted by Gasteiger charge is -2.30. The number of aromatic amines is 2. The number of likely N-dealkylation sites (tertiary alicyclic amines) is 1. The van der Waals surface area contributed by atoms with Gasteiger partial charge in [0.2, 0.25) is 5.91 Å². The van der Waals surface area contributed by atoms with Gasteiger partial charge in [0.05, 0.1) is 60.6 Å². The fourth-order valence-corrected chi connectivity index (χ4v) is 8.46. The van der Waals surface area contributed by atoms with Gasteiger partial charge in [-0.05, 0) is 78.1 Å². The highest BCUT2D eigenvalue weighted by atomic mass is 32.1. The molecule has 1 aliphatic rings. The maximum absolute atomic E-state index is 14.4. The van der Waals surface area contributed by atoms with E-state index in [4.69, 9.17) is 19.4 Å². The van der Waals surface area contributed by atoms with Gasteiger partial charge in [0.1, 0.15) is 23.5 Å². The number of hydrogen-bond acceptors (Lipinski definition) is 10. The zero-order valence-electron chi connectivity index (χ0n) is 33.6. The number of carbonyl (C=O) groups is 4. The monoisotopic (exact) mass is 822 g/mol. The molecule has 14 nitrogen and oxygen atoms in total. The third-order valence-electron chi connectivity index (χ3n) is 10.6. The number of hydrogen-bond donors (Lipinski definition) is 5. The number of carbonyl (C=O) groups excluding carboxylic acids is 4. The molecule has 0 saturated carbocycles. The van der Waals surface area contributed by atoms with Crippen LogP contribution in [0.2, 0.25) is 0 Å². The van der Waals surface area contributed by atoms with Crippen LogP contribution in [0.5, 0.6) is 0 Å². The number of anilines is 1. The summed E-state index contributed by atoms with van der Waals surface area (Å²) in [4.78, 5) is 71.3. The second-order valence-electron chi connectivity index (χ2n) is 15.2. The number of thiophene rings is 1. The number of imidazole rings is 2. The number of Topliss-reactive ketones (excluding diaryl/α,β-unsaturated/α-hetero) is 1. The quantitative estimate of drug-likeness (QED) is 0.0717. The van der Waals surface area contributed by atoms with Crippen LogP contribution in [0.3, 0.4) is 0 Å². The van der Waals surface area contributed by atoms with Crippen molar-refractivity contribution in [2.45, 2.75) is 65.2 Å². The largest absolute Gasteiger partial charge is 0.453 e. The molecule has 2 unspecified atom stereocenters. The molecule has 3 aromatic carbocycles. The van der Waals surface area contributed by atoms with E-state index in [0.717, 1.165) is 61.7 Å². The summed E-state index contributed by atoms with van der Waals surface area (Å²) in [6, 6.07) is 16.5. The zero-order valence-corrected chi connectivity index (χ0v) is 34.5. The molecule has 1 aliphatic heterocycles. The van der Waals surface area contributed by atoms with Crippen LogP contribution in [-0.2, 0) is 20.8 Å². The van der Waals surface area contributed by atoms with Gasteiger partial charge < -0.3 is 40.3 Å². The molecule has 59 heavy (non-hydrogen) atoms. The van der Waals surface area contributed by atoms with Crippen molar-refractivity contribution >= 4 is 62.7 Å². The molecule has 3 aromatic heterocycles. The maximum Gasteiger partial charge on any atom is 0.407 e. The van der Waals surface area contributed by atoms with E-state index in [-0.39, 0.29) is 35.9 Å². The number of nitrogens with one attached hydrogen (secondary N) is 5. The molecule has 3 atom stereocenters. The normalized spacial score (nSPS) is 15.1. The molecule has 5 N–H and O–H groups in total. The summed E-state index contributed by atoms with van der Waals surface area (Å²) < 4.78 is 23.9. The first-order valence-electron chi connectivity index (χ1n) is 19.5. The fraction of sp³-hybridized carbons (Fsp3) is 0.349. The number of alkyl carbamates (subject to hydrolysis) is 2. The molecular formula is C43H47FN8O6S. The predicted octanol–water partition coefficient (Wildman–Crippen LogP) is 8.19. The molecule has 16 heteroatoms. The van der Waals surface area contributed by atoms with Gasteiger partial charge >= 0.3 is 12.2 Å². The minimum absolute atomic E-state index is 0.109. The number of ketones is 1. The second kappa shape index (κ2) is 17.3. The van der Waals surface area contributed by atoms with Crippen molar-refractivity contribution in [1.82, 2.24) is 35.5 Å². The molecule has 6 aromatic rings. The first-order valence-corrected chi connectivity index (χ1v) is 20.3. The van der Waals surface area contributed by atoms with Crippen molar-refractivity contribution in [3.05, 3.63) is 89.9 Å². The lowest BCUT2D eigenvalue weighted by atomic mass is 9.94. The van der Waals surface area contributed by atoms with Crippen molar-refractivity contribution in [2.75, 3.05) is 26.1 Å². The Morgan fingerprint density at radius 2 is 1.63 bits per heavy atom. The van der Waals surface area contributed by atoms with Gasteiger partial charge in [-0.1, -0.05) is 45.9 Å². The highest BCUT2D eigenvalue weighted by Gasteiger charge is 2.37. The van der Waals surface area contributed by atoms with Crippen LogP contribution in [0, 0.1) is 17.7 Å². The maximum atomic E-state index is 14.4. The molecule has 7 rings (SSSR count). The van der Waals surface area contributed by atoms with Crippen molar-refractivity contribution in [2.24, 2.45) is 11.8 Å². The molecule has 4 heterocycles. The molecule has 1 saturated heterocycles. The van der Waals surface area contributed by atoms with Gasteiger partial charge in [-0.15, -0.1) is 11.3 Å². The van der Waals surface area contributed by atoms with E-state index in [2.05, 4.69) is 56.3 Å². The van der Waals surface area contributed by atoms with E-state index in [1.54, 1.807) is 36.3 Å². The lowest BCUT2D eigenvalue weighted by molar-refractivity contribution is -0.135. The van der Waals surface area contributed by atoms with Gasteiger partial charge in [-0.25, -0.2) is 23.9 Å². The van der Waals surface area contributed by atoms with Crippen LogP contribution < -0.4 is 16.0 Å². The van der Waals surface area contributed by atoms with Crippen LogP contribution in [0.15, 0.2) is 66.9 Å². The first-order chi connectivity index (χ1) is 28.3. The van der Waals surface area contributed by atoms with Crippen LogP contribution in [-0.4, -0.2) is 81.6 Å². The van der Waals surface area contributed by atoms with Crippen LogP contribution in [0.4, 0.5) is 19.7 Å². The highest BCUT2D eigenvalue weighted by Crippen LogP contribution is 2.38. The summed E-state index contributed by atoms with van der Waals surface area (Å²) in [5.74, 6) is -0.226. The SMILES string of the molecule is COC(=O)NC(C(=O)c1cc(F)ccc1NCc1nc2c(ccc3cc(-c4ccc(-c5cnc([C@@H]6CCCN6C(=O)C(NC(=O)OC)C(C)C)[nH]5)s4)ccc32)[nH]1)C(C)C.